The molecule has 1 saturated heterocycles. The van der Waals surface area contributed by atoms with Crippen molar-refractivity contribution in [2.45, 2.75) is 24.5 Å². The lowest BCUT2D eigenvalue weighted by Crippen LogP contribution is -2.41. The van der Waals surface area contributed by atoms with Gasteiger partial charge in [-0.05, 0) is 0 Å². The van der Waals surface area contributed by atoms with Crippen LogP contribution in [0.1, 0.15) is 0 Å². The van der Waals surface area contributed by atoms with Crippen molar-refractivity contribution in [3.63, 3.8) is 0 Å². The van der Waals surface area contributed by atoms with E-state index in [2.05, 4.69) is 19.5 Å². The van der Waals surface area contributed by atoms with Crippen molar-refractivity contribution in [3.05, 3.63) is 0 Å². The molecule has 0 aromatic rings. The van der Waals surface area contributed by atoms with Crippen LogP contribution in [0.15, 0.2) is 5.10 Å². The van der Waals surface area contributed by atoms with Crippen LogP contribution >= 0.6 is 7.82 Å². The normalized spacial score (nSPS) is 27.4. The summed E-state index contributed by atoms with van der Waals surface area (Å²) in [6.45, 7) is -0.445. The number of rotatable bonds is 9. The number of nitrogens with one attached hydrogen (secondary N) is 1. The highest BCUT2D eigenvalue weighted by Crippen LogP contribution is 2.48. The maximum Gasteiger partial charge on any atom is 0.474 e. The Morgan fingerprint density at radius 2 is 2.00 bits per heavy atom. The number of hydrazone groups is 1. The molecule has 0 aromatic carbocycles. The molecule has 0 saturated carbocycles. The number of aliphatic hydroxyl groups excluding tert-OH is 2. The second-order valence-corrected chi connectivity index (χ2v) is 6.38. The first-order chi connectivity index (χ1) is 11.3. The molecule has 24 heavy (non-hydrogen) atoms. The Balaban J connectivity index is 2.75. The SMILES string of the molecule is CNC(=O)/C=N\N(C=O)C1OC(COP(=O)(OC)OC)C(O)C1O. The van der Waals surface area contributed by atoms with E-state index in [1.165, 1.54) is 7.05 Å². The number of amides is 2. The van der Waals surface area contributed by atoms with Gasteiger partial charge in [-0.3, -0.25) is 23.2 Å². The van der Waals surface area contributed by atoms with Crippen LogP contribution in [-0.2, 0) is 32.5 Å². The summed E-state index contributed by atoms with van der Waals surface area (Å²) in [4.78, 5) is 22.2. The molecule has 1 fully saturated rings. The summed E-state index contributed by atoms with van der Waals surface area (Å²) < 4.78 is 31.1. The van der Waals surface area contributed by atoms with Crippen LogP contribution in [0.25, 0.3) is 0 Å². The van der Waals surface area contributed by atoms with E-state index in [0.29, 0.717) is 5.01 Å². The number of aliphatic hydroxyl groups is 2. The van der Waals surface area contributed by atoms with E-state index in [-0.39, 0.29) is 6.41 Å². The lowest BCUT2D eigenvalue weighted by atomic mass is 10.1. The number of carbonyl (C=O) groups excluding carboxylic acids is 2. The van der Waals surface area contributed by atoms with Crippen LogP contribution in [0.4, 0.5) is 0 Å². The molecule has 0 spiro atoms. The van der Waals surface area contributed by atoms with Crippen LogP contribution in [0.5, 0.6) is 0 Å². The molecule has 1 aliphatic heterocycles. The van der Waals surface area contributed by atoms with Crippen molar-refractivity contribution in [2.75, 3.05) is 27.9 Å². The highest BCUT2D eigenvalue weighted by molar-refractivity contribution is 7.48. The van der Waals surface area contributed by atoms with Gasteiger partial charge in [0.25, 0.3) is 5.91 Å². The molecule has 4 atom stereocenters. The second kappa shape index (κ2) is 9.18. The minimum absolute atomic E-state index is 0.207. The summed E-state index contributed by atoms with van der Waals surface area (Å²) in [5.41, 5.74) is 0. The van der Waals surface area contributed by atoms with E-state index in [4.69, 9.17) is 9.26 Å². The van der Waals surface area contributed by atoms with E-state index in [1.54, 1.807) is 0 Å². The topological polar surface area (TPSA) is 156 Å². The average Bonchev–Trinajstić information content (AvgIpc) is 2.88. The zero-order chi connectivity index (χ0) is 18.3. The highest BCUT2D eigenvalue weighted by atomic mass is 31.2. The number of nitrogens with zero attached hydrogens (tertiary/aromatic N) is 2. The van der Waals surface area contributed by atoms with E-state index >= 15 is 0 Å². The van der Waals surface area contributed by atoms with Gasteiger partial charge in [-0.1, -0.05) is 0 Å². The fraction of sp³-hybridized carbons (Fsp3) is 0.727. The zero-order valence-electron chi connectivity index (χ0n) is 13.3. The number of phosphoric acid groups is 1. The fourth-order valence-corrected chi connectivity index (χ4v) is 2.46. The summed E-state index contributed by atoms with van der Waals surface area (Å²) in [7, 11) is -0.223. The Kier molecular flexibility index (Phi) is 7.90. The Hall–Kier alpha value is -1.40. The van der Waals surface area contributed by atoms with Crippen LogP contribution in [0.3, 0.4) is 0 Å². The molecular weight excluding hydrogens is 349 g/mol. The maximum absolute atomic E-state index is 11.8. The maximum atomic E-state index is 11.8. The Bertz CT molecular complexity index is 509. The van der Waals surface area contributed by atoms with Crippen LogP contribution in [-0.4, -0.2) is 86.2 Å². The first-order valence-electron chi connectivity index (χ1n) is 6.68. The molecule has 0 aliphatic carbocycles. The molecule has 0 radical (unpaired) electrons. The lowest BCUT2D eigenvalue weighted by Gasteiger charge is -2.21. The van der Waals surface area contributed by atoms with Crippen molar-refractivity contribution in [2.24, 2.45) is 5.10 Å². The first-order valence-corrected chi connectivity index (χ1v) is 8.15. The standard InChI is InChI=1S/C11H20N3O9P/c1-12-8(16)4-13-14(6-15)11-10(18)9(17)7(23-11)5-22-24(19,20-2)21-3/h4,6-7,9-11,17-18H,5H2,1-3H3,(H,12,16)/b13-4-. The molecule has 0 bridgehead atoms. The van der Waals surface area contributed by atoms with Gasteiger partial charge in [0, 0.05) is 21.3 Å². The van der Waals surface area contributed by atoms with Gasteiger partial charge in [0.15, 0.2) is 6.23 Å². The molecule has 12 nitrogen and oxygen atoms in total. The second-order valence-electron chi connectivity index (χ2n) is 4.50. The van der Waals surface area contributed by atoms with Crippen molar-refractivity contribution in [3.8, 4) is 0 Å². The van der Waals surface area contributed by atoms with E-state index in [1.807, 2.05) is 0 Å². The summed E-state index contributed by atoms with van der Waals surface area (Å²) in [6, 6.07) is 0. The summed E-state index contributed by atoms with van der Waals surface area (Å²) in [5.74, 6) is -0.587. The van der Waals surface area contributed by atoms with Gasteiger partial charge in [0.2, 0.25) is 6.41 Å². The smallest absolute Gasteiger partial charge is 0.387 e. The number of ether oxygens (including phenoxy) is 1. The molecule has 2 amide bonds. The van der Waals surface area contributed by atoms with Gasteiger partial charge in [-0.2, -0.15) is 5.10 Å². The fourth-order valence-electron chi connectivity index (χ4n) is 1.77. The number of hydrogen-bond donors (Lipinski definition) is 3. The largest absolute Gasteiger partial charge is 0.474 e. The van der Waals surface area contributed by atoms with Gasteiger partial charge in [-0.25, -0.2) is 9.57 Å². The quantitative estimate of drug-likeness (QED) is 0.182. The third kappa shape index (κ3) is 5.05. The van der Waals surface area contributed by atoms with E-state index in [9.17, 15) is 24.4 Å². The highest BCUT2D eigenvalue weighted by Gasteiger charge is 2.46. The van der Waals surface area contributed by atoms with Crippen LogP contribution in [0.2, 0.25) is 0 Å². The van der Waals surface area contributed by atoms with Crippen molar-refractivity contribution >= 4 is 26.4 Å². The average molecular weight is 369 g/mol. The molecular formula is C11H20N3O9P. The summed E-state index contributed by atoms with van der Waals surface area (Å²) in [5, 5.41) is 26.3. The molecule has 138 valence electrons. The minimum atomic E-state index is -3.80. The molecule has 3 N–H and O–H groups in total. The Morgan fingerprint density at radius 1 is 1.38 bits per heavy atom. The third-order valence-electron chi connectivity index (χ3n) is 3.10. The van der Waals surface area contributed by atoms with E-state index in [0.717, 1.165) is 20.4 Å². The van der Waals surface area contributed by atoms with Crippen molar-refractivity contribution in [1.82, 2.24) is 10.3 Å². The van der Waals surface area contributed by atoms with Gasteiger partial charge >= 0.3 is 7.82 Å². The predicted octanol–water partition coefficient (Wildman–Crippen LogP) is -1.96. The Morgan fingerprint density at radius 3 is 2.50 bits per heavy atom. The van der Waals surface area contributed by atoms with Gasteiger partial charge in [0.1, 0.15) is 24.5 Å². The van der Waals surface area contributed by atoms with Gasteiger partial charge in [0.05, 0.1) is 6.61 Å². The van der Waals surface area contributed by atoms with Crippen molar-refractivity contribution in [1.29, 1.82) is 0 Å². The van der Waals surface area contributed by atoms with E-state index < -0.39 is 44.9 Å². The molecule has 1 rings (SSSR count). The minimum Gasteiger partial charge on any atom is -0.387 e. The lowest BCUT2D eigenvalue weighted by molar-refractivity contribution is -0.139. The molecule has 1 aliphatic rings. The first kappa shape index (κ1) is 20.6. The van der Waals surface area contributed by atoms with Gasteiger partial charge < -0.3 is 20.3 Å². The third-order valence-corrected chi connectivity index (χ3v) is 4.46. The predicted molar refractivity (Wildman–Crippen MR) is 78.7 cm³/mol. The number of carbonyl (C=O) groups is 2. The molecule has 13 heteroatoms. The van der Waals surface area contributed by atoms with Crippen LogP contribution in [0, 0.1) is 0 Å². The Labute approximate surface area is 137 Å². The van der Waals surface area contributed by atoms with Gasteiger partial charge in [-0.15, -0.1) is 0 Å². The van der Waals surface area contributed by atoms with Crippen molar-refractivity contribution < 1.29 is 42.7 Å². The monoisotopic (exact) mass is 369 g/mol. The molecule has 0 aromatic heterocycles. The zero-order valence-corrected chi connectivity index (χ0v) is 14.2. The van der Waals surface area contributed by atoms with Crippen LogP contribution < -0.4 is 5.32 Å². The number of phosphoric ester groups is 1. The summed E-state index contributed by atoms with van der Waals surface area (Å²) in [6.07, 6.45) is -4.49. The summed E-state index contributed by atoms with van der Waals surface area (Å²) >= 11 is 0. The molecule has 4 unspecified atom stereocenters. The number of hydrogen-bond acceptors (Lipinski definition) is 10. The molecule has 1 heterocycles.